The summed E-state index contributed by atoms with van der Waals surface area (Å²) in [6, 6.07) is 5.18. The SMILES string of the molecule is NC(Cc1cccc2c1CCC=C2)C(=O)O. The zero-order valence-corrected chi connectivity index (χ0v) is 9.02. The van der Waals surface area contributed by atoms with Crippen LogP contribution in [-0.4, -0.2) is 17.1 Å². The Bertz CT molecular complexity index is 438. The van der Waals surface area contributed by atoms with Crippen molar-refractivity contribution in [3.05, 3.63) is 41.0 Å². The maximum absolute atomic E-state index is 10.7. The summed E-state index contributed by atoms with van der Waals surface area (Å²) in [4.78, 5) is 10.7. The molecule has 1 aliphatic rings. The zero-order chi connectivity index (χ0) is 11.5. The molecule has 84 valence electrons. The molecule has 1 aliphatic carbocycles. The number of carbonyl (C=O) groups is 1. The molecule has 0 aliphatic heterocycles. The van der Waals surface area contributed by atoms with Crippen molar-refractivity contribution in [2.45, 2.75) is 25.3 Å². The first-order valence-electron chi connectivity index (χ1n) is 5.44. The van der Waals surface area contributed by atoms with E-state index in [2.05, 4.69) is 18.2 Å². The van der Waals surface area contributed by atoms with E-state index >= 15 is 0 Å². The number of allylic oxidation sites excluding steroid dienone is 1. The number of benzene rings is 1. The lowest BCUT2D eigenvalue weighted by molar-refractivity contribution is -0.138. The number of fused-ring (bicyclic) bond motifs is 1. The van der Waals surface area contributed by atoms with Gasteiger partial charge < -0.3 is 10.8 Å². The lowest BCUT2D eigenvalue weighted by Crippen LogP contribution is -2.32. The summed E-state index contributed by atoms with van der Waals surface area (Å²) in [6.07, 6.45) is 6.64. The topological polar surface area (TPSA) is 63.3 Å². The van der Waals surface area contributed by atoms with Gasteiger partial charge in [0, 0.05) is 0 Å². The number of aliphatic carboxylic acids is 1. The Morgan fingerprint density at radius 1 is 1.50 bits per heavy atom. The standard InChI is InChI=1S/C13H15NO2/c14-12(13(15)16)8-10-6-3-5-9-4-1-2-7-11(9)10/h1,3-6,12H,2,7-8,14H2,(H,15,16). The van der Waals surface area contributed by atoms with Crippen molar-refractivity contribution in [2.75, 3.05) is 0 Å². The minimum Gasteiger partial charge on any atom is -0.480 e. The summed E-state index contributed by atoms with van der Waals surface area (Å²) < 4.78 is 0. The fraction of sp³-hybridized carbons (Fsp3) is 0.308. The van der Waals surface area contributed by atoms with Crippen molar-refractivity contribution in [1.29, 1.82) is 0 Å². The van der Waals surface area contributed by atoms with Gasteiger partial charge in [-0.1, -0.05) is 30.4 Å². The number of carboxylic acid groups (broad SMARTS) is 1. The quantitative estimate of drug-likeness (QED) is 0.808. The summed E-state index contributed by atoms with van der Waals surface area (Å²) in [6.45, 7) is 0. The van der Waals surface area contributed by atoms with Crippen molar-refractivity contribution in [1.82, 2.24) is 0 Å². The van der Waals surface area contributed by atoms with Gasteiger partial charge in [0.1, 0.15) is 6.04 Å². The van der Waals surface area contributed by atoms with Crippen molar-refractivity contribution >= 4 is 12.0 Å². The van der Waals surface area contributed by atoms with Crippen LogP contribution < -0.4 is 5.73 Å². The Balaban J connectivity index is 2.28. The first-order valence-corrected chi connectivity index (χ1v) is 5.44. The fourth-order valence-corrected chi connectivity index (χ4v) is 2.07. The van der Waals surface area contributed by atoms with Crippen LogP contribution in [0.15, 0.2) is 24.3 Å². The molecule has 3 N–H and O–H groups in total. The van der Waals surface area contributed by atoms with Crippen molar-refractivity contribution in [3.63, 3.8) is 0 Å². The monoisotopic (exact) mass is 217 g/mol. The molecule has 0 saturated heterocycles. The lowest BCUT2D eigenvalue weighted by Gasteiger charge is -2.16. The molecule has 0 radical (unpaired) electrons. The van der Waals surface area contributed by atoms with Gasteiger partial charge in [0.2, 0.25) is 0 Å². The molecule has 0 spiro atoms. The molecular formula is C13H15NO2. The van der Waals surface area contributed by atoms with Crippen LogP contribution in [-0.2, 0) is 17.6 Å². The molecular weight excluding hydrogens is 202 g/mol. The third kappa shape index (κ3) is 2.14. The van der Waals surface area contributed by atoms with Gasteiger partial charge in [-0.25, -0.2) is 0 Å². The molecule has 3 heteroatoms. The minimum atomic E-state index is -0.941. The third-order valence-electron chi connectivity index (χ3n) is 2.92. The molecule has 1 aromatic carbocycles. The van der Waals surface area contributed by atoms with Crippen LogP contribution in [0.1, 0.15) is 23.1 Å². The highest BCUT2D eigenvalue weighted by Gasteiger charge is 2.16. The maximum atomic E-state index is 10.7. The Labute approximate surface area is 94.6 Å². The minimum absolute atomic E-state index is 0.409. The Kier molecular flexibility index (Phi) is 3.06. The van der Waals surface area contributed by atoms with Gasteiger partial charge in [0.15, 0.2) is 0 Å². The Morgan fingerprint density at radius 2 is 2.31 bits per heavy atom. The summed E-state index contributed by atoms with van der Waals surface area (Å²) in [5, 5.41) is 8.81. The number of rotatable bonds is 3. The van der Waals surface area contributed by atoms with Crippen molar-refractivity contribution < 1.29 is 9.90 Å². The summed E-state index contributed by atoms with van der Waals surface area (Å²) >= 11 is 0. The normalized spacial score (nSPS) is 15.6. The fourth-order valence-electron chi connectivity index (χ4n) is 2.07. The van der Waals surface area contributed by atoms with Crippen LogP contribution in [0, 0.1) is 0 Å². The first kappa shape index (κ1) is 10.9. The van der Waals surface area contributed by atoms with Crippen LogP contribution in [0.3, 0.4) is 0 Å². The molecule has 0 amide bonds. The van der Waals surface area contributed by atoms with Gasteiger partial charge in [0.25, 0.3) is 0 Å². The number of hydrogen-bond donors (Lipinski definition) is 2. The van der Waals surface area contributed by atoms with Crippen LogP contribution in [0.5, 0.6) is 0 Å². The van der Waals surface area contributed by atoms with E-state index in [-0.39, 0.29) is 0 Å². The van der Waals surface area contributed by atoms with Gasteiger partial charge >= 0.3 is 5.97 Å². The van der Waals surface area contributed by atoms with E-state index < -0.39 is 12.0 Å². The van der Waals surface area contributed by atoms with Crippen LogP contribution in [0.4, 0.5) is 0 Å². The Morgan fingerprint density at radius 3 is 3.06 bits per heavy atom. The molecule has 3 nitrogen and oxygen atoms in total. The number of nitrogens with two attached hydrogens (primary N) is 1. The van der Waals surface area contributed by atoms with E-state index in [9.17, 15) is 4.79 Å². The molecule has 0 bridgehead atoms. The Hall–Kier alpha value is -1.61. The zero-order valence-electron chi connectivity index (χ0n) is 9.02. The molecule has 1 unspecified atom stereocenters. The molecule has 2 rings (SSSR count). The van der Waals surface area contributed by atoms with E-state index in [1.807, 2.05) is 12.1 Å². The summed E-state index contributed by atoms with van der Waals surface area (Å²) in [5.74, 6) is -0.941. The molecule has 1 aromatic rings. The first-order chi connectivity index (χ1) is 7.68. The summed E-state index contributed by atoms with van der Waals surface area (Å²) in [5.41, 5.74) is 9.08. The number of hydrogen-bond acceptors (Lipinski definition) is 2. The second-order valence-corrected chi connectivity index (χ2v) is 4.07. The smallest absolute Gasteiger partial charge is 0.320 e. The van der Waals surface area contributed by atoms with E-state index in [1.54, 1.807) is 0 Å². The third-order valence-corrected chi connectivity index (χ3v) is 2.92. The average Bonchev–Trinajstić information content (AvgIpc) is 2.29. The van der Waals surface area contributed by atoms with E-state index in [0.717, 1.165) is 18.4 Å². The second kappa shape index (κ2) is 4.49. The largest absolute Gasteiger partial charge is 0.480 e. The molecule has 16 heavy (non-hydrogen) atoms. The maximum Gasteiger partial charge on any atom is 0.320 e. The van der Waals surface area contributed by atoms with Gasteiger partial charge in [-0.05, 0) is 36.0 Å². The molecule has 0 saturated carbocycles. The van der Waals surface area contributed by atoms with Crippen LogP contribution in [0.2, 0.25) is 0 Å². The highest BCUT2D eigenvalue weighted by atomic mass is 16.4. The second-order valence-electron chi connectivity index (χ2n) is 4.07. The highest BCUT2D eigenvalue weighted by molar-refractivity contribution is 5.73. The van der Waals surface area contributed by atoms with E-state index in [4.69, 9.17) is 10.8 Å². The highest BCUT2D eigenvalue weighted by Crippen LogP contribution is 2.23. The molecule has 0 heterocycles. The van der Waals surface area contributed by atoms with Gasteiger partial charge in [0.05, 0.1) is 0 Å². The molecule has 0 aromatic heterocycles. The van der Waals surface area contributed by atoms with Gasteiger partial charge in [-0.2, -0.15) is 0 Å². The average molecular weight is 217 g/mol. The lowest BCUT2D eigenvalue weighted by atomic mass is 9.90. The summed E-state index contributed by atoms with van der Waals surface area (Å²) in [7, 11) is 0. The van der Waals surface area contributed by atoms with Crippen LogP contribution >= 0.6 is 0 Å². The van der Waals surface area contributed by atoms with Gasteiger partial charge in [-0.3, -0.25) is 4.79 Å². The van der Waals surface area contributed by atoms with E-state index in [1.165, 1.54) is 11.1 Å². The van der Waals surface area contributed by atoms with E-state index in [0.29, 0.717) is 6.42 Å². The van der Waals surface area contributed by atoms with Crippen molar-refractivity contribution in [3.8, 4) is 0 Å². The predicted molar refractivity (Wildman–Crippen MR) is 63.1 cm³/mol. The number of carboxylic acids is 1. The van der Waals surface area contributed by atoms with Gasteiger partial charge in [-0.15, -0.1) is 0 Å². The predicted octanol–water partition coefficient (Wildman–Crippen LogP) is 1.60. The van der Waals surface area contributed by atoms with Crippen molar-refractivity contribution in [2.24, 2.45) is 5.73 Å². The molecule has 0 fully saturated rings. The molecule has 1 atom stereocenters. The van der Waals surface area contributed by atoms with Crippen LogP contribution in [0.25, 0.3) is 6.08 Å².